The van der Waals surface area contributed by atoms with Gasteiger partial charge >= 0.3 is 0 Å². The van der Waals surface area contributed by atoms with Gasteiger partial charge in [-0.1, -0.05) is 46.8 Å². The van der Waals surface area contributed by atoms with Crippen molar-refractivity contribution in [1.29, 1.82) is 0 Å². The van der Waals surface area contributed by atoms with Gasteiger partial charge in [0.1, 0.15) is 0 Å². The first-order valence-electron chi connectivity index (χ1n) is 5.45. The highest BCUT2D eigenvalue weighted by Gasteiger charge is 2.16. The molecule has 15 heavy (non-hydrogen) atoms. The number of nitrogens with zero attached hydrogens (tertiary/aromatic N) is 1. The molecule has 0 saturated carbocycles. The predicted molar refractivity (Wildman–Crippen MR) is 68.8 cm³/mol. The third kappa shape index (κ3) is 4.82. The van der Waals surface area contributed by atoms with Gasteiger partial charge in [0.05, 0.1) is 5.71 Å². The molecule has 0 radical (unpaired) electrons. The second-order valence-corrected chi connectivity index (χ2v) is 5.04. The summed E-state index contributed by atoms with van der Waals surface area (Å²) in [5.74, 6) is 5.91. The van der Waals surface area contributed by atoms with Crippen LogP contribution < -0.4 is 5.84 Å². The van der Waals surface area contributed by atoms with Gasteiger partial charge in [0.15, 0.2) is 0 Å². The van der Waals surface area contributed by atoms with Crippen molar-refractivity contribution in [2.45, 2.75) is 41.5 Å². The Morgan fingerprint density at radius 3 is 2.00 bits per heavy atom. The minimum atomic E-state index is 0.00107. The van der Waals surface area contributed by atoms with E-state index in [1.807, 2.05) is 6.08 Å². The number of hydrazone groups is 1. The van der Waals surface area contributed by atoms with Crippen LogP contribution in [-0.2, 0) is 0 Å². The second kappa shape index (κ2) is 5.74. The molecule has 0 amide bonds. The molecule has 0 aliphatic rings. The molecule has 0 atom stereocenters. The zero-order valence-corrected chi connectivity index (χ0v) is 10.8. The van der Waals surface area contributed by atoms with E-state index in [-0.39, 0.29) is 5.41 Å². The minimum absolute atomic E-state index is 0.00107. The maximum absolute atomic E-state index is 5.38. The van der Waals surface area contributed by atoms with Crippen molar-refractivity contribution in [2.75, 3.05) is 0 Å². The van der Waals surface area contributed by atoms with Gasteiger partial charge in [0.2, 0.25) is 0 Å². The zero-order chi connectivity index (χ0) is 12.1. The quantitative estimate of drug-likeness (QED) is 0.328. The maximum atomic E-state index is 5.38. The molecule has 0 saturated heterocycles. The molecule has 0 aromatic rings. The van der Waals surface area contributed by atoms with Gasteiger partial charge in [0, 0.05) is 5.41 Å². The molecular weight excluding hydrogens is 184 g/mol. The fraction of sp³-hybridized carbons (Fsp3) is 0.615. The Kier molecular flexibility index (Phi) is 5.34. The van der Waals surface area contributed by atoms with E-state index < -0.39 is 0 Å². The first kappa shape index (κ1) is 13.9. The summed E-state index contributed by atoms with van der Waals surface area (Å²) in [6.07, 6.45) is 6.23. The van der Waals surface area contributed by atoms with Gasteiger partial charge in [-0.05, 0) is 24.5 Å². The second-order valence-electron chi connectivity index (χ2n) is 5.04. The maximum Gasteiger partial charge on any atom is 0.0654 e. The largest absolute Gasteiger partial charge is 0.323 e. The molecule has 0 spiro atoms. The summed E-state index contributed by atoms with van der Waals surface area (Å²) in [4.78, 5) is 0. The Morgan fingerprint density at radius 1 is 1.20 bits per heavy atom. The highest BCUT2D eigenvalue weighted by Crippen LogP contribution is 2.18. The summed E-state index contributed by atoms with van der Waals surface area (Å²) in [5.41, 5.74) is 2.23. The molecule has 0 bridgehead atoms. The molecule has 0 rings (SSSR count). The monoisotopic (exact) mass is 208 g/mol. The van der Waals surface area contributed by atoms with Crippen molar-refractivity contribution in [1.82, 2.24) is 0 Å². The van der Waals surface area contributed by atoms with E-state index in [1.165, 1.54) is 5.57 Å². The molecule has 0 fully saturated rings. The fourth-order valence-corrected chi connectivity index (χ4v) is 1.28. The zero-order valence-electron chi connectivity index (χ0n) is 10.8. The van der Waals surface area contributed by atoms with E-state index in [9.17, 15) is 0 Å². The molecule has 86 valence electrons. The molecule has 0 unspecified atom stereocenters. The van der Waals surface area contributed by atoms with Crippen LogP contribution in [0.5, 0.6) is 0 Å². The van der Waals surface area contributed by atoms with E-state index in [0.717, 1.165) is 5.71 Å². The lowest BCUT2D eigenvalue weighted by Crippen LogP contribution is -2.19. The highest BCUT2D eigenvalue weighted by molar-refractivity contribution is 5.99. The van der Waals surface area contributed by atoms with E-state index in [0.29, 0.717) is 5.92 Å². The Balaban J connectivity index is 4.79. The van der Waals surface area contributed by atoms with E-state index in [1.54, 1.807) is 0 Å². The fourth-order valence-electron chi connectivity index (χ4n) is 1.28. The van der Waals surface area contributed by atoms with Crippen molar-refractivity contribution in [3.8, 4) is 0 Å². The summed E-state index contributed by atoms with van der Waals surface area (Å²) < 4.78 is 0. The molecule has 2 N–H and O–H groups in total. The average molecular weight is 208 g/mol. The molecule has 0 aliphatic heterocycles. The molecule has 2 heteroatoms. The Labute approximate surface area is 93.9 Å². The van der Waals surface area contributed by atoms with Crippen LogP contribution >= 0.6 is 0 Å². The molecule has 0 aliphatic carbocycles. The Bertz CT molecular complexity index is 275. The van der Waals surface area contributed by atoms with Crippen molar-refractivity contribution in [3.63, 3.8) is 0 Å². The Morgan fingerprint density at radius 2 is 1.73 bits per heavy atom. The number of rotatable bonds is 3. The number of hydrogen-bond acceptors (Lipinski definition) is 2. The van der Waals surface area contributed by atoms with Crippen LogP contribution in [0.1, 0.15) is 41.5 Å². The predicted octanol–water partition coefficient (Wildman–Crippen LogP) is 3.51. The lowest BCUT2D eigenvalue weighted by Gasteiger charge is -2.17. The molecular formula is C13H24N2. The van der Waals surface area contributed by atoms with Gasteiger partial charge in [-0.3, -0.25) is 0 Å². The van der Waals surface area contributed by atoms with Gasteiger partial charge in [0.25, 0.3) is 0 Å². The van der Waals surface area contributed by atoms with Crippen LogP contribution in [0.3, 0.4) is 0 Å². The van der Waals surface area contributed by atoms with E-state index >= 15 is 0 Å². The SMILES string of the molecule is C\C=C(/C=C\C(=N/N)C(C)(C)C)C(C)C. The number of allylic oxidation sites excluding steroid dienone is 4. The van der Waals surface area contributed by atoms with Gasteiger partial charge in [-0.15, -0.1) is 0 Å². The summed E-state index contributed by atoms with van der Waals surface area (Å²) in [7, 11) is 0. The third-order valence-corrected chi connectivity index (χ3v) is 2.34. The smallest absolute Gasteiger partial charge is 0.0654 e. The van der Waals surface area contributed by atoms with Gasteiger partial charge < -0.3 is 5.84 Å². The lowest BCUT2D eigenvalue weighted by atomic mass is 9.89. The highest BCUT2D eigenvalue weighted by atomic mass is 15.1. The van der Waals surface area contributed by atoms with Crippen molar-refractivity contribution in [3.05, 3.63) is 23.8 Å². The average Bonchev–Trinajstić information content (AvgIpc) is 2.09. The van der Waals surface area contributed by atoms with Crippen LogP contribution in [0.15, 0.2) is 28.9 Å². The van der Waals surface area contributed by atoms with Crippen LogP contribution in [0, 0.1) is 11.3 Å². The van der Waals surface area contributed by atoms with E-state index in [4.69, 9.17) is 5.84 Å². The van der Waals surface area contributed by atoms with E-state index in [2.05, 4.69) is 58.8 Å². The molecule has 2 nitrogen and oxygen atoms in total. The van der Waals surface area contributed by atoms with Crippen molar-refractivity contribution in [2.24, 2.45) is 22.3 Å². The Hall–Kier alpha value is -1.05. The summed E-state index contributed by atoms with van der Waals surface area (Å²) in [6.45, 7) is 12.7. The van der Waals surface area contributed by atoms with Gasteiger partial charge in [-0.25, -0.2) is 0 Å². The minimum Gasteiger partial charge on any atom is -0.323 e. The van der Waals surface area contributed by atoms with Crippen LogP contribution in [-0.4, -0.2) is 5.71 Å². The van der Waals surface area contributed by atoms with Crippen LogP contribution in [0.2, 0.25) is 0 Å². The van der Waals surface area contributed by atoms with Gasteiger partial charge in [-0.2, -0.15) is 5.10 Å². The number of nitrogens with two attached hydrogens (primary N) is 1. The van der Waals surface area contributed by atoms with Crippen molar-refractivity contribution < 1.29 is 0 Å². The molecule has 0 heterocycles. The third-order valence-electron chi connectivity index (χ3n) is 2.34. The summed E-state index contributed by atoms with van der Waals surface area (Å²) in [6, 6.07) is 0. The first-order valence-corrected chi connectivity index (χ1v) is 5.45. The molecule has 0 aromatic carbocycles. The van der Waals surface area contributed by atoms with Crippen molar-refractivity contribution >= 4 is 5.71 Å². The molecule has 0 aromatic heterocycles. The van der Waals surface area contributed by atoms with Crippen LogP contribution in [0.4, 0.5) is 0 Å². The first-order chi connectivity index (χ1) is 6.82. The normalized spacial score (nSPS) is 15.4. The lowest BCUT2D eigenvalue weighted by molar-refractivity contribution is 0.591. The topological polar surface area (TPSA) is 38.4 Å². The summed E-state index contributed by atoms with van der Waals surface area (Å²) >= 11 is 0. The standard InChI is InChI=1S/C13H24N2/c1-7-11(10(2)3)8-9-12(15-14)13(4,5)6/h7-10H,14H2,1-6H3/b9-8-,11-7+,15-12+. The number of hydrogen-bond donors (Lipinski definition) is 1. The van der Waals surface area contributed by atoms with Crippen LogP contribution in [0.25, 0.3) is 0 Å². The summed E-state index contributed by atoms with van der Waals surface area (Å²) in [5, 5.41) is 3.83.